The monoisotopic (exact) mass is 264 g/mol. The average molecular weight is 264 g/mol. The van der Waals surface area contributed by atoms with E-state index < -0.39 is 0 Å². The third-order valence-electron chi connectivity index (χ3n) is 3.58. The van der Waals surface area contributed by atoms with Crippen LogP contribution in [0.5, 0.6) is 0 Å². The first-order valence-corrected chi connectivity index (χ1v) is 7.33. The van der Waals surface area contributed by atoms with E-state index in [-0.39, 0.29) is 11.9 Å². The van der Waals surface area contributed by atoms with Crippen molar-refractivity contribution in [2.75, 3.05) is 13.1 Å². The zero-order valence-corrected chi connectivity index (χ0v) is 11.5. The molecule has 2 heterocycles. The number of nitrogens with zero attached hydrogens (tertiary/aromatic N) is 2. The summed E-state index contributed by atoms with van der Waals surface area (Å²) in [5.41, 5.74) is 0. The van der Waals surface area contributed by atoms with Crippen LogP contribution in [-0.2, 0) is 11.3 Å². The second-order valence-electron chi connectivity index (χ2n) is 5.15. The molecule has 106 valence electrons. The number of amides is 1. The van der Waals surface area contributed by atoms with Crippen molar-refractivity contribution in [1.29, 1.82) is 0 Å². The lowest BCUT2D eigenvalue weighted by molar-refractivity contribution is -0.123. The average Bonchev–Trinajstić information content (AvgIpc) is 2.78. The summed E-state index contributed by atoms with van der Waals surface area (Å²) in [6.45, 7) is 2.71. The highest BCUT2D eigenvalue weighted by Crippen LogP contribution is 2.08. The summed E-state index contributed by atoms with van der Waals surface area (Å²) in [7, 11) is 0. The number of rotatable bonds is 6. The highest BCUT2D eigenvalue weighted by molar-refractivity contribution is 5.81. The van der Waals surface area contributed by atoms with E-state index in [1.54, 1.807) is 6.20 Å². The Labute approximate surface area is 114 Å². The number of aryl methyl sites for hydroxylation is 1. The number of hydrogen-bond donors (Lipinski definition) is 2. The van der Waals surface area contributed by atoms with E-state index >= 15 is 0 Å². The molecule has 1 aliphatic rings. The van der Waals surface area contributed by atoms with Crippen molar-refractivity contribution < 1.29 is 4.79 Å². The van der Waals surface area contributed by atoms with Crippen LogP contribution in [0.3, 0.4) is 0 Å². The van der Waals surface area contributed by atoms with Crippen LogP contribution in [0.4, 0.5) is 0 Å². The maximum atomic E-state index is 12.0. The minimum Gasteiger partial charge on any atom is -0.355 e. The summed E-state index contributed by atoms with van der Waals surface area (Å²) in [4.78, 5) is 16.0. The van der Waals surface area contributed by atoms with Crippen molar-refractivity contribution >= 4 is 5.91 Å². The van der Waals surface area contributed by atoms with E-state index in [9.17, 15) is 4.79 Å². The van der Waals surface area contributed by atoms with Crippen molar-refractivity contribution in [3.63, 3.8) is 0 Å². The molecule has 2 rings (SSSR count). The molecule has 1 aromatic heterocycles. The van der Waals surface area contributed by atoms with E-state index in [0.29, 0.717) is 0 Å². The van der Waals surface area contributed by atoms with E-state index in [1.165, 1.54) is 12.8 Å². The van der Waals surface area contributed by atoms with Gasteiger partial charge >= 0.3 is 0 Å². The van der Waals surface area contributed by atoms with Gasteiger partial charge in [-0.15, -0.1) is 0 Å². The largest absolute Gasteiger partial charge is 0.355 e. The van der Waals surface area contributed by atoms with Crippen molar-refractivity contribution in [3.05, 3.63) is 18.7 Å². The molecule has 1 unspecified atom stereocenters. The summed E-state index contributed by atoms with van der Waals surface area (Å²) < 4.78 is 2.06. The Morgan fingerprint density at radius 3 is 3.16 bits per heavy atom. The normalized spacial score (nSPS) is 19.9. The van der Waals surface area contributed by atoms with Crippen LogP contribution < -0.4 is 10.6 Å². The van der Waals surface area contributed by atoms with Gasteiger partial charge in [0.05, 0.1) is 12.4 Å². The first-order valence-electron chi connectivity index (χ1n) is 7.33. The van der Waals surface area contributed by atoms with E-state index in [1.807, 2.05) is 12.5 Å². The summed E-state index contributed by atoms with van der Waals surface area (Å²) in [6.07, 6.45) is 12.2. The summed E-state index contributed by atoms with van der Waals surface area (Å²) >= 11 is 0. The third kappa shape index (κ3) is 5.03. The fourth-order valence-corrected chi connectivity index (χ4v) is 2.43. The molecule has 19 heavy (non-hydrogen) atoms. The van der Waals surface area contributed by atoms with Crippen molar-refractivity contribution in [1.82, 2.24) is 20.2 Å². The molecule has 1 amide bonds. The molecule has 0 spiro atoms. The molecule has 0 aromatic carbocycles. The van der Waals surface area contributed by atoms with Gasteiger partial charge < -0.3 is 15.2 Å². The molecule has 2 N–H and O–H groups in total. The number of carbonyl (C=O) groups excluding carboxylic acids is 1. The Kier molecular flexibility index (Phi) is 5.88. The van der Waals surface area contributed by atoms with Crippen LogP contribution in [0.25, 0.3) is 0 Å². The Balaban J connectivity index is 1.55. The van der Waals surface area contributed by atoms with Gasteiger partial charge in [-0.3, -0.25) is 4.79 Å². The summed E-state index contributed by atoms with van der Waals surface area (Å²) in [5.74, 6) is 0.171. The molecule has 5 nitrogen and oxygen atoms in total. The minimum atomic E-state index is 0.0242. The maximum absolute atomic E-state index is 12.0. The first kappa shape index (κ1) is 14.1. The predicted molar refractivity (Wildman–Crippen MR) is 74.7 cm³/mol. The Morgan fingerprint density at radius 1 is 1.37 bits per heavy atom. The van der Waals surface area contributed by atoms with Crippen molar-refractivity contribution in [2.24, 2.45) is 0 Å². The first-order chi connectivity index (χ1) is 9.36. The maximum Gasteiger partial charge on any atom is 0.237 e. The molecule has 1 aromatic rings. The molecular weight excluding hydrogens is 240 g/mol. The molecule has 0 saturated carbocycles. The van der Waals surface area contributed by atoms with E-state index in [4.69, 9.17) is 0 Å². The molecular formula is C14H24N4O. The smallest absolute Gasteiger partial charge is 0.237 e. The number of hydrogen-bond acceptors (Lipinski definition) is 3. The van der Waals surface area contributed by atoms with Gasteiger partial charge in [0.25, 0.3) is 0 Å². The lowest BCUT2D eigenvalue weighted by Gasteiger charge is -2.15. The predicted octanol–water partition coefficient (Wildman–Crippen LogP) is 1.31. The topological polar surface area (TPSA) is 59.0 Å². The van der Waals surface area contributed by atoms with Crippen LogP contribution in [0.1, 0.15) is 38.5 Å². The van der Waals surface area contributed by atoms with Gasteiger partial charge in [-0.1, -0.05) is 12.8 Å². The van der Waals surface area contributed by atoms with E-state index in [0.717, 1.165) is 45.3 Å². The van der Waals surface area contributed by atoms with Gasteiger partial charge in [0.2, 0.25) is 5.91 Å². The van der Waals surface area contributed by atoms with E-state index in [2.05, 4.69) is 20.2 Å². The van der Waals surface area contributed by atoms with Crippen LogP contribution in [0.15, 0.2) is 18.7 Å². The lowest BCUT2D eigenvalue weighted by atomic mass is 10.1. The molecule has 1 fully saturated rings. The van der Waals surface area contributed by atoms with Crippen molar-refractivity contribution in [2.45, 2.75) is 51.1 Å². The highest BCUT2D eigenvalue weighted by atomic mass is 16.2. The van der Waals surface area contributed by atoms with Gasteiger partial charge in [-0.25, -0.2) is 4.98 Å². The zero-order chi connectivity index (χ0) is 13.3. The third-order valence-corrected chi connectivity index (χ3v) is 3.58. The molecule has 0 radical (unpaired) electrons. The van der Waals surface area contributed by atoms with Crippen molar-refractivity contribution in [3.8, 4) is 0 Å². The van der Waals surface area contributed by atoms with Gasteiger partial charge in [0.1, 0.15) is 0 Å². The number of nitrogens with one attached hydrogen (secondary N) is 2. The van der Waals surface area contributed by atoms with Gasteiger partial charge in [0, 0.05) is 25.5 Å². The van der Waals surface area contributed by atoms with Crippen LogP contribution in [-0.4, -0.2) is 34.6 Å². The van der Waals surface area contributed by atoms with Gasteiger partial charge in [0.15, 0.2) is 0 Å². The molecule has 5 heteroatoms. The van der Waals surface area contributed by atoms with Gasteiger partial charge in [-0.2, -0.15) is 0 Å². The fourth-order valence-electron chi connectivity index (χ4n) is 2.43. The van der Waals surface area contributed by atoms with Crippen LogP contribution in [0, 0.1) is 0 Å². The summed E-state index contributed by atoms with van der Waals surface area (Å²) in [5, 5.41) is 6.35. The lowest BCUT2D eigenvalue weighted by Crippen LogP contribution is -2.44. The van der Waals surface area contributed by atoms with Crippen LogP contribution in [0.2, 0.25) is 0 Å². The molecule has 0 aliphatic carbocycles. The minimum absolute atomic E-state index is 0.0242. The number of aromatic nitrogens is 2. The van der Waals surface area contributed by atoms with Gasteiger partial charge in [-0.05, 0) is 32.2 Å². The molecule has 1 saturated heterocycles. The Morgan fingerprint density at radius 2 is 2.32 bits per heavy atom. The molecule has 0 bridgehead atoms. The highest BCUT2D eigenvalue weighted by Gasteiger charge is 2.18. The number of carbonyl (C=O) groups is 1. The van der Waals surface area contributed by atoms with Crippen LogP contribution >= 0.6 is 0 Å². The second-order valence-corrected chi connectivity index (χ2v) is 5.15. The number of imidazole rings is 1. The zero-order valence-electron chi connectivity index (χ0n) is 11.5. The molecule has 1 atom stereocenters. The number of unbranched alkanes of at least 4 members (excludes halogenated alkanes) is 1. The Bertz CT molecular complexity index is 356. The second kappa shape index (κ2) is 7.94. The fraction of sp³-hybridized carbons (Fsp3) is 0.714. The SMILES string of the molecule is O=C(NCCCCn1ccnc1)C1CCCCCN1. The Hall–Kier alpha value is -1.36. The standard InChI is InChI=1S/C14H24N4O/c19-14(13-6-2-1-3-7-16-13)17-8-4-5-10-18-11-9-15-12-18/h9,11-13,16H,1-8,10H2,(H,17,19). The molecule has 1 aliphatic heterocycles. The summed E-state index contributed by atoms with van der Waals surface area (Å²) in [6, 6.07) is 0.0242. The quantitative estimate of drug-likeness (QED) is 0.762.